The molecule has 2 atom stereocenters. The summed E-state index contributed by atoms with van der Waals surface area (Å²) in [4.78, 5) is 26.0. The Morgan fingerprint density at radius 2 is 2.37 bits per heavy atom. The number of nitrogens with zero attached hydrogens (tertiary/aromatic N) is 2. The van der Waals surface area contributed by atoms with Gasteiger partial charge in [0, 0.05) is 24.0 Å². The van der Waals surface area contributed by atoms with Gasteiger partial charge in [-0.2, -0.15) is 0 Å². The van der Waals surface area contributed by atoms with Gasteiger partial charge in [0.15, 0.2) is 11.5 Å². The molecule has 1 aromatic heterocycles. The number of nitro groups is 1. The van der Waals surface area contributed by atoms with Gasteiger partial charge in [-0.05, 0) is 18.2 Å². The zero-order chi connectivity index (χ0) is 13.6. The van der Waals surface area contributed by atoms with Gasteiger partial charge in [0.05, 0.1) is 0 Å². The molecule has 1 aliphatic rings. The topological polar surface area (TPSA) is 98.3 Å². The highest BCUT2D eigenvalue weighted by molar-refractivity contribution is 5.96. The first-order valence-electron chi connectivity index (χ1n) is 5.86. The summed E-state index contributed by atoms with van der Waals surface area (Å²) >= 11 is 0. The molecule has 0 radical (unpaired) electrons. The van der Waals surface area contributed by atoms with Crippen LogP contribution >= 0.6 is 0 Å². The third-order valence-electron chi connectivity index (χ3n) is 3.13. The number of aromatic nitrogens is 1. The van der Waals surface area contributed by atoms with Crippen molar-refractivity contribution in [3.8, 4) is 0 Å². The second-order valence-corrected chi connectivity index (χ2v) is 4.60. The Kier molecular flexibility index (Phi) is 2.48. The first-order valence-corrected chi connectivity index (χ1v) is 5.86. The quantitative estimate of drug-likeness (QED) is 0.670. The van der Waals surface area contributed by atoms with Gasteiger partial charge in [0.25, 0.3) is 0 Å². The fourth-order valence-electron chi connectivity index (χ4n) is 2.05. The number of fused-ring (bicyclic) bond motifs is 1. The Morgan fingerprint density at radius 1 is 1.58 bits per heavy atom. The minimum Gasteiger partial charge on any atom is -0.441 e. The number of rotatable bonds is 3. The number of aryl methyl sites for hydroxylation is 1. The second kappa shape index (κ2) is 4.04. The summed E-state index contributed by atoms with van der Waals surface area (Å²) in [5, 5.41) is 13.2. The highest BCUT2D eigenvalue weighted by atomic mass is 16.6. The third-order valence-corrected chi connectivity index (χ3v) is 3.13. The summed E-state index contributed by atoms with van der Waals surface area (Å²) in [7, 11) is 0. The van der Waals surface area contributed by atoms with Gasteiger partial charge in [0.1, 0.15) is 11.4 Å². The average molecular weight is 261 g/mol. The van der Waals surface area contributed by atoms with Crippen molar-refractivity contribution in [2.45, 2.75) is 19.4 Å². The van der Waals surface area contributed by atoms with E-state index in [-0.39, 0.29) is 5.91 Å². The molecule has 1 N–H and O–H groups in total. The lowest BCUT2D eigenvalue weighted by molar-refractivity contribution is -0.497. The lowest BCUT2D eigenvalue weighted by atomic mass is 10.2. The van der Waals surface area contributed by atoms with Crippen LogP contribution in [0.3, 0.4) is 0 Å². The first-order chi connectivity index (χ1) is 9.04. The number of amides is 1. The van der Waals surface area contributed by atoms with E-state index in [1.54, 1.807) is 25.1 Å². The molecule has 0 aliphatic heterocycles. The average Bonchev–Trinajstić information content (AvgIpc) is 3.06. The highest BCUT2D eigenvalue weighted by Crippen LogP contribution is 2.34. The molecule has 3 rings (SSSR count). The predicted octanol–water partition coefficient (Wildman–Crippen LogP) is 1.74. The van der Waals surface area contributed by atoms with E-state index in [1.165, 1.54) is 0 Å². The van der Waals surface area contributed by atoms with Crippen molar-refractivity contribution in [3.05, 3.63) is 34.2 Å². The molecule has 1 aromatic carbocycles. The largest absolute Gasteiger partial charge is 0.441 e. The molecule has 1 saturated carbocycles. The summed E-state index contributed by atoms with van der Waals surface area (Å²) in [6.45, 7) is 1.74. The van der Waals surface area contributed by atoms with E-state index >= 15 is 0 Å². The van der Waals surface area contributed by atoms with Crippen molar-refractivity contribution in [2.24, 2.45) is 5.92 Å². The van der Waals surface area contributed by atoms with E-state index in [2.05, 4.69) is 10.3 Å². The molecule has 1 heterocycles. The van der Waals surface area contributed by atoms with E-state index in [9.17, 15) is 14.9 Å². The van der Waals surface area contributed by atoms with Crippen LogP contribution in [0, 0.1) is 23.0 Å². The van der Waals surface area contributed by atoms with Crippen LogP contribution in [-0.2, 0) is 4.79 Å². The molecule has 0 bridgehead atoms. The number of carbonyl (C=O) groups excluding carboxylic acids is 1. The molecule has 1 fully saturated rings. The van der Waals surface area contributed by atoms with Crippen molar-refractivity contribution in [2.75, 3.05) is 5.32 Å². The molecule has 2 aromatic rings. The molecule has 1 amide bonds. The van der Waals surface area contributed by atoms with Gasteiger partial charge in [-0.15, -0.1) is 0 Å². The van der Waals surface area contributed by atoms with Gasteiger partial charge >= 0.3 is 0 Å². The number of anilines is 1. The van der Waals surface area contributed by atoms with Crippen LogP contribution in [-0.4, -0.2) is 21.9 Å². The van der Waals surface area contributed by atoms with Crippen LogP contribution < -0.4 is 5.32 Å². The van der Waals surface area contributed by atoms with Gasteiger partial charge < -0.3 is 9.73 Å². The van der Waals surface area contributed by atoms with Crippen molar-refractivity contribution >= 4 is 22.7 Å². The van der Waals surface area contributed by atoms with Crippen molar-refractivity contribution in [1.29, 1.82) is 0 Å². The van der Waals surface area contributed by atoms with Crippen molar-refractivity contribution in [1.82, 2.24) is 4.98 Å². The van der Waals surface area contributed by atoms with E-state index in [4.69, 9.17) is 4.42 Å². The summed E-state index contributed by atoms with van der Waals surface area (Å²) in [5.41, 5.74) is 1.86. The Labute approximate surface area is 107 Å². The standard InChI is InChI=1S/C12H11N3O4/c1-6-13-9-4-7(2-3-11(9)19-6)14-12(16)8-5-10(8)15(17)18/h2-4,8,10H,5H2,1H3,(H,14,16)/t8-,10+/m1/s1. The van der Waals surface area contributed by atoms with Gasteiger partial charge in [-0.3, -0.25) is 14.9 Å². The SMILES string of the molecule is Cc1nc2cc(NC(=O)[C@@H]3C[C@@H]3[N+](=O)[O-])ccc2o1. The maximum Gasteiger partial charge on any atom is 0.234 e. The van der Waals surface area contributed by atoms with Crippen molar-refractivity contribution in [3.63, 3.8) is 0 Å². The summed E-state index contributed by atoms with van der Waals surface area (Å²) in [5.74, 6) is -0.292. The van der Waals surface area contributed by atoms with E-state index in [1.807, 2.05) is 0 Å². The molecule has 1 aliphatic carbocycles. The molecule has 98 valence electrons. The van der Waals surface area contributed by atoms with Crippen LogP contribution in [0.1, 0.15) is 12.3 Å². The van der Waals surface area contributed by atoms with E-state index in [0.29, 0.717) is 29.1 Å². The van der Waals surface area contributed by atoms with Crippen LogP contribution in [0.15, 0.2) is 22.6 Å². The third kappa shape index (κ3) is 2.14. The minimum absolute atomic E-state index is 0.310. The van der Waals surface area contributed by atoms with Gasteiger partial charge in [-0.25, -0.2) is 4.98 Å². The molecule has 0 saturated heterocycles. The van der Waals surface area contributed by atoms with E-state index in [0.717, 1.165) is 0 Å². The Morgan fingerprint density at radius 3 is 3.05 bits per heavy atom. The zero-order valence-electron chi connectivity index (χ0n) is 10.1. The normalized spacial score (nSPS) is 21.3. The monoisotopic (exact) mass is 261 g/mol. The van der Waals surface area contributed by atoms with Crippen molar-refractivity contribution < 1.29 is 14.1 Å². The summed E-state index contributed by atoms with van der Waals surface area (Å²) in [6.07, 6.45) is 0.310. The molecular formula is C12H11N3O4. The number of hydrogen-bond acceptors (Lipinski definition) is 5. The maximum atomic E-state index is 11.8. The lowest BCUT2D eigenvalue weighted by Crippen LogP contribution is -2.18. The van der Waals surface area contributed by atoms with Crippen LogP contribution in [0.5, 0.6) is 0 Å². The zero-order valence-corrected chi connectivity index (χ0v) is 10.1. The Bertz CT molecular complexity index is 679. The fourth-order valence-corrected chi connectivity index (χ4v) is 2.05. The van der Waals surface area contributed by atoms with Crippen LogP contribution in [0.25, 0.3) is 11.1 Å². The number of hydrogen-bond donors (Lipinski definition) is 1. The number of nitrogens with one attached hydrogen (secondary N) is 1. The Balaban J connectivity index is 1.75. The molecular weight excluding hydrogens is 250 g/mol. The number of carbonyl (C=O) groups is 1. The minimum atomic E-state index is -0.738. The lowest BCUT2D eigenvalue weighted by Gasteiger charge is -2.02. The van der Waals surface area contributed by atoms with E-state index < -0.39 is 16.9 Å². The highest BCUT2D eigenvalue weighted by Gasteiger charge is 2.53. The maximum absolute atomic E-state index is 11.8. The summed E-state index contributed by atoms with van der Waals surface area (Å²) < 4.78 is 5.32. The fraction of sp³-hybridized carbons (Fsp3) is 0.333. The van der Waals surface area contributed by atoms with Gasteiger partial charge in [0.2, 0.25) is 11.9 Å². The molecule has 0 spiro atoms. The predicted molar refractivity (Wildman–Crippen MR) is 66.3 cm³/mol. The number of benzene rings is 1. The first kappa shape index (κ1) is 11.6. The molecule has 0 unspecified atom stereocenters. The Hall–Kier alpha value is -2.44. The molecule has 7 heteroatoms. The van der Waals surface area contributed by atoms with Crippen LogP contribution in [0.4, 0.5) is 5.69 Å². The number of oxazole rings is 1. The summed E-state index contributed by atoms with van der Waals surface area (Å²) in [6, 6.07) is 4.35. The smallest absolute Gasteiger partial charge is 0.234 e. The molecule has 7 nitrogen and oxygen atoms in total. The van der Waals surface area contributed by atoms with Gasteiger partial charge in [-0.1, -0.05) is 0 Å². The van der Waals surface area contributed by atoms with Crippen LogP contribution in [0.2, 0.25) is 0 Å². The molecule has 19 heavy (non-hydrogen) atoms. The second-order valence-electron chi connectivity index (χ2n) is 4.60.